The number of allylic oxidation sites excluding steroid dienone is 1. The summed E-state index contributed by atoms with van der Waals surface area (Å²) in [6, 6.07) is 0. The third kappa shape index (κ3) is 3.14. The highest BCUT2D eigenvalue weighted by molar-refractivity contribution is 6.68. The van der Waals surface area contributed by atoms with Crippen LogP contribution < -0.4 is 0 Å². The smallest absolute Gasteiger partial charge is 0.219 e. The third-order valence-corrected chi connectivity index (χ3v) is 2.65. The molecule has 0 heterocycles. The monoisotopic (exact) mass is 228 g/mol. The molecule has 1 fully saturated rings. The molecule has 1 N–H and O–H groups in total. The Morgan fingerprint density at radius 2 is 1.75 bits per heavy atom. The van der Waals surface area contributed by atoms with Gasteiger partial charge >= 0.3 is 0 Å². The van der Waals surface area contributed by atoms with E-state index in [0.29, 0.717) is 0 Å². The minimum Gasteiger partial charge on any atom is -0.385 e. The normalized spacial score (nSPS) is 21.2. The molecular weight excluding hydrogens is 218 g/mol. The van der Waals surface area contributed by atoms with E-state index in [1.54, 1.807) is 6.08 Å². The van der Waals surface area contributed by atoms with Gasteiger partial charge in [0.1, 0.15) is 6.10 Å². The van der Waals surface area contributed by atoms with Crippen molar-refractivity contribution in [2.45, 2.75) is 35.6 Å². The van der Waals surface area contributed by atoms with Gasteiger partial charge < -0.3 is 5.11 Å². The first-order valence-corrected chi connectivity index (χ1v) is 5.08. The first-order valence-electron chi connectivity index (χ1n) is 3.94. The second-order valence-corrected chi connectivity index (χ2v) is 5.39. The topological polar surface area (TPSA) is 20.2 Å². The lowest BCUT2D eigenvalue weighted by atomic mass is 10.2. The van der Waals surface area contributed by atoms with Crippen molar-refractivity contribution in [2.75, 3.05) is 0 Å². The lowest BCUT2D eigenvalue weighted by Gasteiger charge is -2.15. The summed E-state index contributed by atoms with van der Waals surface area (Å²) in [6.45, 7) is 0. The van der Waals surface area contributed by atoms with Gasteiger partial charge in [0.05, 0.1) is 0 Å². The standard InChI is InChI=1S/C8H11Cl3O/c9-8(10,11)7(12)5-6-3-1-2-4-6/h5,7,12H,1-4H2/t7-/m0/s1. The number of aliphatic hydroxyl groups is 1. The molecule has 0 bridgehead atoms. The number of halogens is 3. The highest BCUT2D eigenvalue weighted by Gasteiger charge is 2.29. The second kappa shape index (κ2) is 4.19. The van der Waals surface area contributed by atoms with Crippen molar-refractivity contribution < 1.29 is 5.11 Å². The molecule has 0 amide bonds. The van der Waals surface area contributed by atoms with Crippen molar-refractivity contribution in [3.8, 4) is 0 Å². The van der Waals surface area contributed by atoms with Crippen LogP contribution in [-0.2, 0) is 0 Å². The number of hydrogen-bond donors (Lipinski definition) is 1. The average Bonchev–Trinajstić information content (AvgIpc) is 2.37. The summed E-state index contributed by atoms with van der Waals surface area (Å²) in [5.41, 5.74) is 1.20. The van der Waals surface area contributed by atoms with Gasteiger partial charge in [0, 0.05) is 0 Å². The van der Waals surface area contributed by atoms with Gasteiger partial charge in [-0.05, 0) is 25.7 Å². The van der Waals surface area contributed by atoms with Gasteiger partial charge in [0.25, 0.3) is 0 Å². The fourth-order valence-corrected chi connectivity index (χ4v) is 1.50. The predicted octanol–water partition coefficient (Wildman–Crippen LogP) is 3.22. The molecule has 70 valence electrons. The zero-order valence-corrected chi connectivity index (χ0v) is 8.83. The molecule has 0 spiro atoms. The van der Waals surface area contributed by atoms with Crippen LogP contribution in [0.2, 0.25) is 0 Å². The Morgan fingerprint density at radius 3 is 2.17 bits per heavy atom. The van der Waals surface area contributed by atoms with E-state index in [9.17, 15) is 5.11 Å². The van der Waals surface area contributed by atoms with Gasteiger partial charge in [-0.25, -0.2) is 0 Å². The van der Waals surface area contributed by atoms with Crippen LogP contribution in [0.1, 0.15) is 25.7 Å². The van der Waals surface area contributed by atoms with Crippen LogP contribution >= 0.6 is 34.8 Å². The van der Waals surface area contributed by atoms with E-state index in [2.05, 4.69) is 0 Å². The molecule has 0 radical (unpaired) electrons. The molecule has 0 aromatic heterocycles. The quantitative estimate of drug-likeness (QED) is 0.541. The fraction of sp³-hybridized carbons (Fsp3) is 0.750. The van der Waals surface area contributed by atoms with Crippen LogP contribution in [0.15, 0.2) is 11.6 Å². The summed E-state index contributed by atoms with van der Waals surface area (Å²) >= 11 is 16.5. The highest BCUT2D eigenvalue weighted by Crippen LogP contribution is 2.33. The highest BCUT2D eigenvalue weighted by atomic mass is 35.6. The van der Waals surface area contributed by atoms with Crippen molar-refractivity contribution in [3.05, 3.63) is 11.6 Å². The van der Waals surface area contributed by atoms with E-state index >= 15 is 0 Å². The minimum absolute atomic E-state index is 0.976. The Kier molecular flexibility index (Phi) is 3.72. The Balaban J connectivity index is 2.54. The molecule has 4 heteroatoms. The van der Waals surface area contributed by atoms with Crippen molar-refractivity contribution >= 4 is 34.8 Å². The lowest BCUT2D eigenvalue weighted by molar-refractivity contribution is 0.226. The van der Waals surface area contributed by atoms with Crippen LogP contribution in [0.4, 0.5) is 0 Å². The van der Waals surface area contributed by atoms with Crippen LogP contribution in [-0.4, -0.2) is 15.0 Å². The third-order valence-electron chi connectivity index (χ3n) is 1.97. The van der Waals surface area contributed by atoms with Crippen LogP contribution in [0.25, 0.3) is 0 Å². The summed E-state index contributed by atoms with van der Waals surface area (Å²) in [6.07, 6.45) is 5.10. The summed E-state index contributed by atoms with van der Waals surface area (Å²) in [4.78, 5) is 0. The van der Waals surface area contributed by atoms with Gasteiger partial charge in [-0.2, -0.15) is 0 Å². The average molecular weight is 230 g/mol. The largest absolute Gasteiger partial charge is 0.385 e. The lowest BCUT2D eigenvalue weighted by Crippen LogP contribution is -2.22. The maximum Gasteiger partial charge on any atom is 0.219 e. The van der Waals surface area contributed by atoms with E-state index < -0.39 is 9.90 Å². The molecule has 0 aliphatic heterocycles. The van der Waals surface area contributed by atoms with E-state index in [4.69, 9.17) is 34.8 Å². The van der Waals surface area contributed by atoms with Gasteiger partial charge in [0.15, 0.2) is 0 Å². The number of aliphatic hydroxyl groups excluding tert-OH is 1. The summed E-state index contributed by atoms with van der Waals surface area (Å²) in [5, 5.41) is 9.37. The van der Waals surface area contributed by atoms with Crippen LogP contribution in [0, 0.1) is 0 Å². The fourth-order valence-electron chi connectivity index (χ4n) is 1.31. The molecule has 1 rings (SSSR count). The van der Waals surface area contributed by atoms with Crippen molar-refractivity contribution in [1.29, 1.82) is 0 Å². The second-order valence-electron chi connectivity index (χ2n) is 3.02. The molecule has 1 aliphatic rings. The number of hydrogen-bond acceptors (Lipinski definition) is 1. The first kappa shape index (κ1) is 10.6. The van der Waals surface area contributed by atoms with Crippen molar-refractivity contribution in [2.24, 2.45) is 0 Å². The zero-order chi connectivity index (χ0) is 9.19. The van der Waals surface area contributed by atoms with E-state index in [1.165, 1.54) is 18.4 Å². The summed E-state index contributed by atoms with van der Waals surface area (Å²) < 4.78 is -1.59. The summed E-state index contributed by atoms with van der Waals surface area (Å²) in [7, 11) is 0. The molecule has 0 unspecified atom stereocenters. The molecule has 1 atom stereocenters. The van der Waals surface area contributed by atoms with Crippen molar-refractivity contribution in [3.63, 3.8) is 0 Å². The van der Waals surface area contributed by atoms with Gasteiger partial charge in [-0.1, -0.05) is 46.5 Å². The van der Waals surface area contributed by atoms with E-state index in [0.717, 1.165) is 12.8 Å². The molecule has 1 nitrogen and oxygen atoms in total. The Bertz CT molecular complexity index is 175. The predicted molar refractivity (Wildman–Crippen MR) is 52.8 cm³/mol. The zero-order valence-electron chi connectivity index (χ0n) is 6.56. The molecular formula is C8H11Cl3O. The van der Waals surface area contributed by atoms with Crippen LogP contribution in [0.3, 0.4) is 0 Å². The molecule has 0 saturated heterocycles. The van der Waals surface area contributed by atoms with Gasteiger partial charge in [-0.3, -0.25) is 0 Å². The van der Waals surface area contributed by atoms with E-state index in [-0.39, 0.29) is 0 Å². The van der Waals surface area contributed by atoms with Gasteiger partial charge in [0.2, 0.25) is 3.79 Å². The minimum atomic E-state index is -1.59. The Labute approximate surface area is 87.3 Å². The van der Waals surface area contributed by atoms with Crippen molar-refractivity contribution in [1.82, 2.24) is 0 Å². The maximum absolute atomic E-state index is 9.37. The first-order chi connectivity index (χ1) is 5.50. The van der Waals surface area contributed by atoms with Gasteiger partial charge in [-0.15, -0.1) is 0 Å². The van der Waals surface area contributed by atoms with E-state index in [1.807, 2.05) is 0 Å². The Morgan fingerprint density at radius 1 is 1.25 bits per heavy atom. The van der Waals surface area contributed by atoms with Crippen LogP contribution in [0.5, 0.6) is 0 Å². The molecule has 1 saturated carbocycles. The number of rotatable bonds is 1. The molecule has 0 aromatic rings. The maximum atomic E-state index is 9.37. The summed E-state index contributed by atoms with van der Waals surface area (Å²) in [5.74, 6) is 0. The molecule has 1 aliphatic carbocycles. The number of alkyl halides is 3. The Hall–Kier alpha value is 0.570. The molecule has 12 heavy (non-hydrogen) atoms. The SMILES string of the molecule is O[C@@H](C=C1CCCC1)C(Cl)(Cl)Cl. The molecule has 0 aromatic carbocycles.